The van der Waals surface area contributed by atoms with Crippen LogP contribution in [0.2, 0.25) is 0 Å². The molecule has 1 atom stereocenters. The lowest BCUT2D eigenvalue weighted by Crippen LogP contribution is -2.06. The van der Waals surface area contributed by atoms with E-state index in [0.29, 0.717) is 18.1 Å². The Bertz CT molecular complexity index is 477. The highest BCUT2D eigenvalue weighted by atomic mass is 16.5. The molecule has 0 saturated heterocycles. The van der Waals surface area contributed by atoms with Crippen molar-refractivity contribution in [2.45, 2.75) is 26.3 Å². The maximum absolute atomic E-state index is 5.66. The van der Waals surface area contributed by atoms with Crippen molar-refractivity contribution in [2.24, 2.45) is 5.73 Å². The number of hydrogen-bond donors (Lipinski definition) is 1. The van der Waals surface area contributed by atoms with Crippen molar-refractivity contribution in [3.63, 3.8) is 0 Å². The van der Waals surface area contributed by atoms with Gasteiger partial charge in [0.25, 0.3) is 0 Å². The summed E-state index contributed by atoms with van der Waals surface area (Å²) in [6, 6.07) is 8.05. The molecule has 4 nitrogen and oxygen atoms in total. The van der Waals surface area contributed by atoms with Gasteiger partial charge in [-0.1, -0.05) is 35.0 Å². The molecule has 16 heavy (non-hydrogen) atoms. The molecule has 0 aliphatic carbocycles. The van der Waals surface area contributed by atoms with E-state index in [1.54, 1.807) is 0 Å². The molecule has 0 amide bonds. The fraction of sp³-hybridized carbons (Fsp3) is 0.333. The van der Waals surface area contributed by atoms with Crippen molar-refractivity contribution >= 4 is 0 Å². The number of aromatic nitrogens is 2. The Balaban J connectivity index is 2.14. The summed E-state index contributed by atoms with van der Waals surface area (Å²) < 4.78 is 5.13. The number of rotatable bonds is 3. The van der Waals surface area contributed by atoms with Gasteiger partial charge in [0.15, 0.2) is 5.82 Å². The standard InChI is InChI=1S/C12H15N3O/c1-8-4-3-5-10(6-8)7-11-14-12(9(2)13)15-16-11/h3-6,9H,7,13H2,1-2H3. The van der Waals surface area contributed by atoms with E-state index in [-0.39, 0.29) is 6.04 Å². The molecule has 0 aliphatic rings. The van der Waals surface area contributed by atoms with Crippen LogP contribution in [0.1, 0.15) is 35.8 Å². The molecule has 1 aromatic heterocycles. The maximum atomic E-state index is 5.66. The fourth-order valence-corrected chi connectivity index (χ4v) is 1.52. The van der Waals surface area contributed by atoms with E-state index in [0.717, 1.165) is 0 Å². The summed E-state index contributed by atoms with van der Waals surface area (Å²) in [5.74, 6) is 1.17. The van der Waals surface area contributed by atoms with Gasteiger partial charge in [-0.3, -0.25) is 0 Å². The lowest BCUT2D eigenvalue weighted by molar-refractivity contribution is 0.377. The van der Waals surface area contributed by atoms with Crippen LogP contribution in [0.4, 0.5) is 0 Å². The highest BCUT2D eigenvalue weighted by Gasteiger charge is 2.10. The summed E-state index contributed by atoms with van der Waals surface area (Å²) in [6.07, 6.45) is 0.654. The molecular weight excluding hydrogens is 202 g/mol. The lowest BCUT2D eigenvalue weighted by atomic mass is 10.1. The van der Waals surface area contributed by atoms with Crippen LogP contribution in [0.15, 0.2) is 28.8 Å². The Labute approximate surface area is 94.5 Å². The summed E-state index contributed by atoms with van der Waals surface area (Å²) in [5, 5.41) is 3.82. The smallest absolute Gasteiger partial charge is 0.231 e. The minimum absolute atomic E-state index is 0.185. The van der Waals surface area contributed by atoms with Crippen LogP contribution in [0, 0.1) is 6.92 Å². The van der Waals surface area contributed by atoms with Crippen molar-refractivity contribution in [1.82, 2.24) is 10.1 Å². The summed E-state index contributed by atoms with van der Waals surface area (Å²) in [5.41, 5.74) is 8.05. The predicted octanol–water partition coefficient (Wildman–Crippen LogP) is 1.99. The Morgan fingerprint density at radius 2 is 2.25 bits per heavy atom. The highest BCUT2D eigenvalue weighted by Crippen LogP contribution is 2.11. The third-order valence-corrected chi connectivity index (χ3v) is 2.33. The van der Waals surface area contributed by atoms with Crippen LogP contribution < -0.4 is 5.73 Å². The summed E-state index contributed by atoms with van der Waals surface area (Å²) in [4.78, 5) is 4.23. The predicted molar refractivity (Wildman–Crippen MR) is 60.9 cm³/mol. The van der Waals surface area contributed by atoms with E-state index >= 15 is 0 Å². The zero-order valence-corrected chi connectivity index (χ0v) is 9.47. The average molecular weight is 217 g/mol. The van der Waals surface area contributed by atoms with Crippen LogP contribution in [0.5, 0.6) is 0 Å². The molecule has 4 heteroatoms. The molecule has 2 rings (SSSR count). The highest BCUT2D eigenvalue weighted by molar-refractivity contribution is 5.24. The summed E-state index contributed by atoms with van der Waals surface area (Å²) in [7, 11) is 0. The second kappa shape index (κ2) is 4.45. The van der Waals surface area contributed by atoms with E-state index in [2.05, 4.69) is 29.2 Å². The Morgan fingerprint density at radius 1 is 1.44 bits per heavy atom. The Hall–Kier alpha value is -1.68. The minimum Gasteiger partial charge on any atom is -0.339 e. The topological polar surface area (TPSA) is 64.9 Å². The normalized spacial score (nSPS) is 12.7. The fourth-order valence-electron chi connectivity index (χ4n) is 1.52. The van der Waals surface area contributed by atoms with Crippen molar-refractivity contribution in [3.8, 4) is 0 Å². The van der Waals surface area contributed by atoms with Gasteiger partial charge < -0.3 is 10.3 Å². The number of nitrogens with zero attached hydrogens (tertiary/aromatic N) is 2. The van der Waals surface area contributed by atoms with Gasteiger partial charge in [-0.25, -0.2) is 0 Å². The van der Waals surface area contributed by atoms with E-state index in [4.69, 9.17) is 10.3 Å². The number of nitrogens with two attached hydrogens (primary N) is 1. The molecule has 0 aliphatic heterocycles. The van der Waals surface area contributed by atoms with Gasteiger partial charge in [0.1, 0.15) is 0 Å². The molecule has 0 spiro atoms. The van der Waals surface area contributed by atoms with Crippen LogP contribution >= 0.6 is 0 Å². The molecule has 0 radical (unpaired) electrons. The van der Waals surface area contributed by atoms with Gasteiger partial charge in [-0.15, -0.1) is 0 Å². The largest absolute Gasteiger partial charge is 0.339 e. The Kier molecular flexibility index (Phi) is 3.01. The van der Waals surface area contributed by atoms with E-state index < -0.39 is 0 Å². The lowest BCUT2D eigenvalue weighted by Gasteiger charge is -1.98. The van der Waals surface area contributed by atoms with Gasteiger partial charge in [0.2, 0.25) is 5.89 Å². The maximum Gasteiger partial charge on any atom is 0.231 e. The van der Waals surface area contributed by atoms with Crippen molar-refractivity contribution in [1.29, 1.82) is 0 Å². The number of hydrogen-bond acceptors (Lipinski definition) is 4. The molecule has 1 aromatic carbocycles. The van der Waals surface area contributed by atoms with Crippen molar-refractivity contribution < 1.29 is 4.52 Å². The summed E-state index contributed by atoms with van der Waals surface area (Å²) >= 11 is 0. The first-order valence-corrected chi connectivity index (χ1v) is 5.29. The first-order valence-electron chi connectivity index (χ1n) is 5.29. The monoisotopic (exact) mass is 217 g/mol. The second-order valence-corrected chi connectivity index (χ2v) is 4.00. The SMILES string of the molecule is Cc1cccc(Cc2nc(C(C)N)no2)c1. The molecule has 84 valence electrons. The third kappa shape index (κ3) is 2.46. The quantitative estimate of drug-likeness (QED) is 0.853. The van der Waals surface area contributed by atoms with E-state index in [1.807, 2.05) is 19.1 Å². The molecule has 2 aromatic rings. The van der Waals surface area contributed by atoms with Gasteiger partial charge in [0, 0.05) is 0 Å². The minimum atomic E-state index is -0.185. The van der Waals surface area contributed by atoms with Gasteiger partial charge in [-0.2, -0.15) is 4.98 Å². The first-order chi connectivity index (χ1) is 7.65. The zero-order valence-electron chi connectivity index (χ0n) is 9.47. The van der Waals surface area contributed by atoms with Crippen LogP contribution in [-0.2, 0) is 6.42 Å². The molecular formula is C12H15N3O. The van der Waals surface area contributed by atoms with Crippen molar-refractivity contribution in [2.75, 3.05) is 0 Å². The van der Waals surface area contributed by atoms with Crippen molar-refractivity contribution in [3.05, 3.63) is 47.1 Å². The summed E-state index contributed by atoms with van der Waals surface area (Å²) in [6.45, 7) is 3.89. The molecule has 2 N–H and O–H groups in total. The van der Waals surface area contributed by atoms with Crippen LogP contribution in [-0.4, -0.2) is 10.1 Å². The molecule has 0 fully saturated rings. The average Bonchev–Trinajstić information content (AvgIpc) is 2.66. The van der Waals surface area contributed by atoms with E-state index in [9.17, 15) is 0 Å². The molecule has 0 saturated carbocycles. The van der Waals surface area contributed by atoms with Gasteiger partial charge in [-0.05, 0) is 19.4 Å². The molecule has 1 unspecified atom stereocenters. The Morgan fingerprint density at radius 3 is 2.88 bits per heavy atom. The molecule has 1 heterocycles. The number of benzene rings is 1. The second-order valence-electron chi connectivity index (χ2n) is 4.00. The van der Waals surface area contributed by atoms with Gasteiger partial charge in [0.05, 0.1) is 12.5 Å². The number of aryl methyl sites for hydroxylation is 1. The molecule has 0 bridgehead atoms. The van der Waals surface area contributed by atoms with E-state index in [1.165, 1.54) is 11.1 Å². The van der Waals surface area contributed by atoms with Crippen LogP contribution in [0.25, 0.3) is 0 Å². The van der Waals surface area contributed by atoms with Gasteiger partial charge >= 0.3 is 0 Å². The first kappa shape index (κ1) is 10.8. The zero-order chi connectivity index (χ0) is 11.5. The third-order valence-electron chi connectivity index (χ3n) is 2.33. The van der Waals surface area contributed by atoms with Crippen LogP contribution in [0.3, 0.4) is 0 Å².